The first-order valence-corrected chi connectivity index (χ1v) is 5.49. The molecule has 4 heteroatoms. The van der Waals surface area contributed by atoms with Crippen LogP contribution in [0.5, 0.6) is 0 Å². The molecule has 0 saturated carbocycles. The fourth-order valence-corrected chi connectivity index (χ4v) is 2.20. The highest BCUT2D eigenvalue weighted by atomic mass is 16.1. The van der Waals surface area contributed by atoms with Crippen LogP contribution in [0.4, 0.5) is 0 Å². The molecule has 1 fully saturated rings. The number of hydrogen-bond donors (Lipinski definition) is 1. The van der Waals surface area contributed by atoms with Crippen LogP contribution >= 0.6 is 0 Å². The van der Waals surface area contributed by atoms with Crippen molar-refractivity contribution in [2.45, 2.75) is 31.7 Å². The number of piperidine rings is 1. The third-order valence-electron chi connectivity index (χ3n) is 3.15. The van der Waals surface area contributed by atoms with E-state index in [4.69, 9.17) is 0 Å². The molecule has 0 aromatic carbocycles. The molecule has 82 valence electrons. The maximum absolute atomic E-state index is 10.5. The van der Waals surface area contributed by atoms with Gasteiger partial charge in [-0.2, -0.15) is 5.10 Å². The monoisotopic (exact) mass is 207 g/mol. The molecule has 1 aliphatic heterocycles. The maximum Gasteiger partial charge on any atom is 0.170 e. The number of nitrogens with zero attached hydrogens (tertiary/aromatic N) is 2. The third-order valence-corrected chi connectivity index (χ3v) is 3.15. The molecule has 2 rings (SSSR count). The molecule has 1 aliphatic rings. The maximum atomic E-state index is 10.5. The van der Waals surface area contributed by atoms with Gasteiger partial charge in [0.25, 0.3) is 0 Å². The highest BCUT2D eigenvalue weighted by Gasteiger charge is 2.19. The lowest BCUT2D eigenvalue weighted by Crippen LogP contribution is -2.37. The van der Waals surface area contributed by atoms with Crippen LogP contribution in [0.25, 0.3) is 0 Å². The normalized spacial score (nSPS) is 22.9. The van der Waals surface area contributed by atoms with Crippen LogP contribution in [0, 0.1) is 0 Å². The Morgan fingerprint density at radius 2 is 2.53 bits per heavy atom. The minimum atomic E-state index is 0.503. The highest BCUT2D eigenvalue weighted by Crippen LogP contribution is 2.18. The number of H-pyrrole nitrogens is 1. The number of aromatic amines is 1. The Labute approximate surface area is 89.7 Å². The summed E-state index contributed by atoms with van der Waals surface area (Å²) < 4.78 is 0. The Morgan fingerprint density at radius 1 is 1.67 bits per heavy atom. The van der Waals surface area contributed by atoms with Crippen LogP contribution in [-0.4, -0.2) is 41.0 Å². The lowest BCUT2D eigenvalue weighted by atomic mass is 9.99. The summed E-state index contributed by atoms with van der Waals surface area (Å²) in [6, 6.07) is 2.44. The second-order valence-electron chi connectivity index (χ2n) is 4.27. The molecule has 1 atom stereocenters. The summed E-state index contributed by atoms with van der Waals surface area (Å²) in [5.74, 6) is 0. The second kappa shape index (κ2) is 4.57. The van der Waals surface area contributed by atoms with Crippen molar-refractivity contribution in [3.63, 3.8) is 0 Å². The van der Waals surface area contributed by atoms with Crippen molar-refractivity contribution < 1.29 is 4.79 Å². The number of likely N-dealkylation sites (tertiary alicyclic amines) is 1. The van der Waals surface area contributed by atoms with Crippen LogP contribution in [0.1, 0.15) is 35.4 Å². The van der Waals surface area contributed by atoms with Gasteiger partial charge in [-0.3, -0.25) is 9.89 Å². The first-order valence-electron chi connectivity index (χ1n) is 5.49. The SMILES string of the molecule is CN1CCCCC1Cc1cc(C=O)n[nH]1. The molecule has 1 aromatic rings. The van der Waals surface area contributed by atoms with Gasteiger partial charge in [-0.1, -0.05) is 6.42 Å². The predicted molar refractivity (Wildman–Crippen MR) is 57.9 cm³/mol. The van der Waals surface area contributed by atoms with Crippen molar-refractivity contribution in [2.24, 2.45) is 0 Å². The first-order chi connectivity index (χ1) is 7.29. The zero-order chi connectivity index (χ0) is 10.7. The van der Waals surface area contributed by atoms with Gasteiger partial charge in [0.05, 0.1) is 0 Å². The lowest BCUT2D eigenvalue weighted by molar-refractivity contribution is 0.111. The van der Waals surface area contributed by atoms with E-state index >= 15 is 0 Å². The Morgan fingerprint density at radius 3 is 3.20 bits per heavy atom. The lowest BCUT2D eigenvalue weighted by Gasteiger charge is -2.32. The Hall–Kier alpha value is -1.16. The van der Waals surface area contributed by atoms with Gasteiger partial charge >= 0.3 is 0 Å². The van der Waals surface area contributed by atoms with Crippen molar-refractivity contribution in [3.05, 3.63) is 17.5 Å². The Kier molecular flexibility index (Phi) is 3.16. The van der Waals surface area contributed by atoms with Crippen LogP contribution in [0.15, 0.2) is 6.07 Å². The molecule has 1 saturated heterocycles. The van der Waals surface area contributed by atoms with E-state index in [9.17, 15) is 4.79 Å². The van der Waals surface area contributed by atoms with E-state index in [1.165, 1.54) is 25.8 Å². The summed E-state index contributed by atoms with van der Waals surface area (Å²) in [5, 5.41) is 6.83. The quantitative estimate of drug-likeness (QED) is 0.759. The largest absolute Gasteiger partial charge is 0.303 e. The molecule has 2 heterocycles. The fourth-order valence-electron chi connectivity index (χ4n) is 2.20. The Balaban J connectivity index is 1.97. The molecule has 15 heavy (non-hydrogen) atoms. The summed E-state index contributed by atoms with van der Waals surface area (Å²) in [6.07, 6.45) is 5.60. The first kappa shape index (κ1) is 10.4. The predicted octanol–water partition coefficient (Wildman–Crippen LogP) is 1.25. The molecule has 1 N–H and O–H groups in total. The molecule has 0 radical (unpaired) electrons. The molecule has 1 unspecified atom stereocenters. The summed E-state index contributed by atoms with van der Waals surface area (Å²) in [7, 11) is 2.17. The molecule has 4 nitrogen and oxygen atoms in total. The standard InChI is InChI=1S/C11H17N3O/c1-14-5-3-2-4-11(14)7-9-6-10(8-15)13-12-9/h6,8,11H,2-5,7H2,1H3,(H,12,13). The number of hydrogen-bond acceptors (Lipinski definition) is 3. The molecular formula is C11H17N3O. The molecular weight excluding hydrogens is 190 g/mol. The van der Waals surface area contributed by atoms with Crippen LogP contribution in [0.2, 0.25) is 0 Å². The number of aldehydes is 1. The van der Waals surface area contributed by atoms with Gasteiger partial charge < -0.3 is 4.90 Å². The smallest absolute Gasteiger partial charge is 0.170 e. The third kappa shape index (κ3) is 2.45. The van der Waals surface area contributed by atoms with Crippen LogP contribution < -0.4 is 0 Å². The molecule has 0 aliphatic carbocycles. The van der Waals surface area contributed by atoms with E-state index in [0.717, 1.165) is 18.4 Å². The number of carbonyl (C=O) groups is 1. The number of likely N-dealkylation sites (N-methyl/N-ethyl adjacent to an activating group) is 1. The minimum Gasteiger partial charge on any atom is -0.303 e. The van der Waals surface area contributed by atoms with Gasteiger partial charge in [0, 0.05) is 18.2 Å². The highest BCUT2D eigenvalue weighted by molar-refractivity contribution is 5.71. The Bertz CT molecular complexity index is 334. The van der Waals surface area contributed by atoms with Gasteiger partial charge in [0.2, 0.25) is 0 Å². The zero-order valence-electron chi connectivity index (χ0n) is 9.07. The average Bonchev–Trinajstić information content (AvgIpc) is 2.69. The number of carbonyl (C=O) groups excluding carboxylic acids is 1. The van der Waals surface area contributed by atoms with Crippen LogP contribution in [-0.2, 0) is 6.42 Å². The molecule has 0 amide bonds. The molecule has 0 spiro atoms. The topological polar surface area (TPSA) is 49.0 Å². The number of aromatic nitrogens is 2. The van der Waals surface area contributed by atoms with Gasteiger partial charge in [0.15, 0.2) is 6.29 Å². The summed E-state index contributed by atoms with van der Waals surface area (Å²) in [4.78, 5) is 12.9. The summed E-state index contributed by atoms with van der Waals surface area (Å²) >= 11 is 0. The number of rotatable bonds is 3. The van der Waals surface area contributed by atoms with E-state index in [1.54, 1.807) is 0 Å². The van der Waals surface area contributed by atoms with Crippen molar-refractivity contribution in [2.75, 3.05) is 13.6 Å². The van der Waals surface area contributed by atoms with E-state index < -0.39 is 0 Å². The molecule has 0 bridgehead atoms. The van der Waals surface area contributed by atoms with Crippen molar-refractivity contribution in [3.8, 4) is 0 Å². The van der Waals surface area contributed by atoms with Gasteiger partial charge in [-0.15, -0.1) is 0 Å². The van der Waals surface area contributed by atoms with Crippen LogP contribution in [0.3, 0.4) is 0 Å². The van der Waals surface area contributed by atoms with E-state index in [2.05, 4.69) is 22.1 Å². The van der Waals surface area contributed by atoms with E-state index in [1.807, 2.05) is 6.07 Å². The summed E-state index contributed by atoms with van der Waals surface area (Å²) in [5.41, 5.74) is 1.57. The van der Waals surface area contributed by atoms with E-state index in [0.29, 0.717) is 11.7 Å². The second-order valence-corrected chi connectivity index (χ2v) is 4.27. The number of nitrogens with one attached hydrogen (secondary N) is 1. The van der Waals surface area contributed by atoms with Crippen molar-refractivity contribution >= 4 is 6.29 Å². The van der Waals surface area contributed by atoms with Crippen molar-refractivity contribution in [1.29, 1.82) is 0 Å². The minimum absolute atomic E-state index is 0.503. The van der Waals surface area contributed by atoms with Gasteiger partial charge in [-0.25, -0.2) is 0 Å². The average molecular weight is 207 g/mol. The van der Waals surface area contributed by atoms with Gasteiger partial charge in [-0.05, 0) is 32.5 Å². The van der Waals surface area contributed by atoms with Crippen molar-refractivity contribution in [1.82, 2.24) is 15.1 Å². The molecule has 1 aromatic heterocycles. The van der Waals surface area contributed by atoms with Gasteiger partial charge in [0.1, 0.15) is 5.69 Å². The van der Waals surface area contributed by atoms with E-state index in [-0.39, 0.29) is 0 Å². The fraction of sp³-hybridized carbons (Fsp3) is 0.636. The summed E-state index contributed by atoms with van der Waals surface area (Å²) in [6.45, 7) is 1.18. The zero-order valence-corrected chi connectivity index (χ0v) is 9.07.